The van der Waals surface area contributed by atoms with Crippen molar-refractivity contribution in [3.8, 4) is 17.2 Å². The number of carbonyl (C=O) groups is 1. The SMILES string of the molecule is COc1ccc(CCNC(=O)c2cccc(N3CCN(Cc4ccc5c(c4)OCO5)CC3)n2)cc1. The quantitative estimate of drug-likeness (QED) is 0.538. The second-order valence-electron chi connectivity index (χ2n) is 8.69. The summed E-state index contributed by atoms with van der Waals surface area (Å²) >= 11 is 0. The van der Waals surface area contributed by atoms with Crippen molar-refractivity contribution >= 4 is 11.7 Å². The fourth-order valence-electron chi connectivity index (χ4n) is 4.36. The van der Waals surface area contributed by atoms with Gasteiger partial charge in [-0.2, -0.15) is 0 Å². The molecular weight excluding hydrogens is 444 g/mol. The average molecular weight is 475 g/mol. The lowest BCUT2D eigenvalue weighted by atomic mass is 10.1. The third kappa shape index (κ3) is 5.66. The highest BCUT2D eigenvalue weighted by Gasteiger charge is 2.20. The molecule has 0 unspecified atom stereocenters. The summed E-state index contributed by atoms with van der Waals surface area (Å²) < 4.78 is 16.1. The normalized spacial score (nSPS) is 15.2. The zero-order valence-electron chi connectivity index (χ0n) is 19.9. The van der Waals surface area contributed by atoms with Crippen molar-refractivity contribution in [3.05, 3.63) is 77.5 Å². The summed E-state index contributed by atoms with van der Waals surface area (Å²) in [5, 5.41) is 2.98. The zero-order valence-corrected chi connectivity index (χ0v) is 19.9. The van der Waals surface area contributed by atoms with Crippen LogP contribution in [0.4, 0.5) is 5.82 Å². The van der Waals surface area contributed by atoms with Gasteiger partial charge in [0.2, 0.25) is 6.79 Å². The predicted octanol–water partition coefficient (Wildman–Crippen LogP) is 3.11. The number of piperazine rings is 1. The molecule has 1 aromatic heterocycles. The van der Waals surface area contributed by atoms with E-state index in [2.05, 4.69) is 32.2 Å². The number of ether oxygens (including phenoxy) is 3. The second kappa shape index (κ2) is 10.7. The summed E-state index contributed by atoms with van der Waals surface area (Å²) in [4.78, 5) is 22.0. The molecule has 5 rings (SSSR count). The Morgan fingerprint density at radius 2 is 1.74 bits per heavy atom. The van der Waals surface area contributed by atoms with Gasteiger partial charge in [0, 0.05) is 39.3 Å². The van der Waals surface area contributed by atoms with Gasteiger partial charge in [0.05, 0.1) is 7.11 Å². The van der Waals surface area contributed by atoms with Crippen molar-refractivity contribution in [2.45, 2.75) is 13.0 Å². The standard InChI is InChI=1S/C27H30N4O4/c1-33-22-8-5-20(6-9-22)11-12-28-27(32)23-3-2-4-26(29-23)31-15-13-30(14-16-31)18-21-7-10-24-25(17-21)35-19-34-24/h2-10,17H,11-16,18-19H2,1H3,(H,28,32). The van der Waals surface area contributed by atoms with Gasteiger partial charge in [-0.25, -0.2) is 4.98 Å². The minimum absolute atomic E-state index is 0.151. The summed E-state index contributed by atoms with van der Waals surface area (Å²) in [5.74, 6) is 3.16. The van der Waals surface area contributed by atoms with E-state index in [1.165, 1.54) is 5.56 Å². The van der Waals surface area contributed by atoms with Crippen molar-refractivity contribution in [3.63, 3.8) is 0 Å². The number of pyridine rings is 1. The third-order valence-corrected chi connectivity index (χ3v) is 6.36. The van der Waals surface area contributed by atoms with Crippen molar-refractivity contribution in [2.24, 2.45) is 0 Å². The first-order chi connectivity index (χ1) is 17.2. The molecule has 8 heteroatoms. The van der Waals surface area contributed by atoms with Crippen molar-refractivity contribution < 1.29 is 19.0 Å². The van der Waals surface area contributed by atoms with Gasteiger partial charge < -0.3 is 24.4 Å². The molecule has 8 nitrogen and oxygen atoms in total. The van der Waals surface area contributed by atoms with E-state index in [4.69, 9.17) is 14.2 Å². The lowest BCUT2D eigenvalue weighted by Gasteiger charge is -2.35. The highest BCUT2D eigenvalue weighted by Crippen LogP contribution is 2.33. The molecule has 35 heavy (non-hydrogen) atoms. The first-order valence-corrected chi connectivity index (χ1v) is 11.9. The minimum atomic E-state index is -0.151. The van der Waals surface area contributed by atoms with Gasteiger partial charge in [0.1, 0.15) is 17.3 Å². The molecule has 0 bridgehead atoms. The Bertz CT molecular complexity index is 1160. The van der Waals surface area contributed by atoms with Crippen LogP contribution >= 0.6 is 0 Å². The molecule has 1 amide bonds. The van der Waals surface area contributed by atoms with Gasteiger partial charge >= 0.3 is 0 Å². The number of anilines is 1. The highest BCUT2D eigenvalue weighted by atomic mass is 16.7. The number of hydrogen-bond acceptors (Lipinski definition) is 7. The first kappa shape index (κ1) is 23.0. The monoisotopic (exact) mass is 474 g/mol. The van der Waals surface area contributed by atoms with E-state index >= 15 is 0 Å². The number of amides is 1. The van der Waals surface area contributed by atoms with Crippen LogP contribution in [0.2, 0.25) is 0 Å². The van der Waals surface area contributed by atoms with E-state index in [-0.39, 0.29) is 5.91 Å². The molecule has 0 saturated carbocycles. The number of nitrogens with one attached hydrogen (secondary N) is 1. The smallest absolute Gasteiger partial charge is 0.269 e. The first-order valence-electron chi connectivity index (χ1n) is 11.9. The van der Waals surface area contributed by atoms with E-state index < -0.39 is 0 Å². The minimum Gasteiger partial charge on any atom is -0.497 e. The number of rotatable bonds is 8. The van der Waals surface area contributed by atoms with Gasteiger partial charge in [0.25, 0.3) is 5.91 Å². The van der Waals surface area contributed by atoms with Crippen LogP contribution in [0.5, 0.6) is 17.2 Å². The van der Waals surface area contributed by atoms with E-state index in [0.29, 0.717) is 19.0 Å². The van der Waals surface area contributed by atoms with Crippen LogP contribution in [0.3, 0.4) is 0 Å². The Morgan fingerprint density at radius 1 is 0.971 bits per heavy atom. The number of methoxy groups -OCH3 is 1. The van der Waals surface area contributed by atoms with Crippen LogP contribution in [-0.2, 0) is 13.0 Å². The van der Waals surface area contributed by atoms with E-state index in [1.54, 1.807) is 13.2 Å². The van der Waals surface area contributed by atoms with Crippen LogP contribution in [0.25, 0.3) is 0 Å². The Balaban J connectivity index is 1.11. The second-order valence-corrected chi connectivity index (χ2v) is 8.69. The van der Waals surface area contributed by atoms with Crippen molar-refractivity contribution in [1.82, 2.24) is 15.2 Å². The average Bonchev–Trinajstić information content (AvgIpc) is 3.37. The molecule has 3 heterocycles. The maximum absolute atomic E-state index is 12.7. The molecule has 2 aliphatic rings. The zero-order chi connectivity index (χ0) is 24.0. The van der Waals surface area contributed by atoms with Crippen LogP contribution in [0, 0.1) is 0 Å². The van der Waals surface area contributed by atoms with Gasteiger partial charge in [-0.05, 0) is 53.9 Å². The van der Waals surface area contributed by atoms with Crippen LogP contribution in [-0.4, -0.2) is 62.4 Å². The summed E-state index contributed by atoms with van der Waals surface area (Å²) in [6.07, 6.45) is 0.751. The van der Waals surface area contributed by atoms with Gasteiger partial charge in [0.15, 0.2) is 11.5 Å². The molecule has 1 fully saturated rings. The van der Waals surface area contributed by atoms with E-state index in [1.807, 2.05) is 42.5 Å². The number of nitrogens with zero attached hydrogens (tertiary/aromatic N) is 3. The fraction of sp³-hybridized carbons (Fsp3) is 0.333. The fourth-order valence-corrected chi connectivity index (χ4v) is 4.36. The van der Waals surface area contributed by atoms with Crippen LogP contribution in [0.15, 0.2) is 60.7 Å². The summed E-state index contributed by atoms with van der Waals surface area (Å²) in [5.41, 5.74) is 2.81. The lowest BCUT2D eigenvalue weighted by Crippen LogP contribution is -2.46. The maximum atomic E-state index is 12.7. The molecule has 0 atom stereocenters. The molecule has 182 valence electrons. The third-order valence-electron chi connectivity index (χ3n) is 6.36. The highest BCUT2D eigenvalue weighted by molar-refractivity contribution is 5.92. The summed E-state index contributed by atoms with van der Waals surface area (Å²) in [6, 6.07) is 19.7. The number of fused-ring (bicyclic) bond motifs is 1. The Morgan fingerprint density at radius 3 is 2.54 bits per heavy atom. The van der Waals surface area contributed by atoms with Crippen molar-refractivity contribution in [1.29, 1.82) is 0 Å². The molecule has 1 N–H and O–H groups in total. The number of carbonyl (C=O) groups excluding carboxylic acids is 1. The Kier molecular flexibility index (Phi) is 6.99. The number of benzene rings is 2. The lowest BCUT2D eigenvalue weighted by molar-refractivity contribution is 0.0949. The van der Waals surface area contributed by atoms with E-state index in [0.717, 1.165) is 67.8 Å². The molecule has 3 aromatic rings. The maximum Gasteiger partial charge on any atom is 0.269 e. The molecular formula is C27H30N4O4. The Hall–Kier alpha value is -3.78. The number of aromatic nitrogens is 1. The van der Waals surface area contributed by atoms with Crippen molar-refractivity contribution in [2.75, 3.05) is 51.5 Å². The predicted molar refractivity (Wildman–Crippen MR) is 133 cm³/mol. The Labute approximate surface area is 205 Å². The molecule has 0 radical (unpaired) electrons. The van der Waals surface area contributed by atoms with Crippen LogP contribution < -0.4 is 24.4 Å². The molecule has 1 saturated heterocycles. The van der Waals surface area contributed by atoms with Gasteiger partial charge in [-0.1, -0.05) is 24.3 Å². The van der Waals surface area contributed by atoms with E-state index in [9.17, 15) is 4.79 Å². The molecule has 0 spiro atoms. The van der Waals surface area contributed by atoms with Gasteiger partial charge in [-0.15, -0.1) is 0 Å². The topological polar surface area (TPSA) is 76.2 Å². The van der Waals surface area contributed by atoms with Crippen LogP contribution in [0.1, 0.15) is 21.6 Å². The summed E-state index contributed by atoms with van der Waals surface area (Å²) in [6.45, 7) is 5.29. The molecule has 0 aliphatic carbocycles. The molecule has 2 aromatic carbocycles. The molecule has 2 aliphatic heterocycles. The largest absolute Gasteiger partial charge is 0.497 e. The summed E-state index contributed by atoms with van der Waals surface area (Å²) in [7, 11) is 1.65. The number of hydrogen-bond donors (Lipinski definition) is 1. The van der Waals surface area contributed by atoms with Gasteiger partial charge in [-0.3, -0.25) is 9.69 Å².